The summed E-state index contributed by atoms with van der Waals surface area (Å²) in [5, 5.41) is 7.33. The number of pyridine rings is 1. The lowest BCUT2D eigenvalue weighted by atomic mass is 10.1. The molecule has 204 valence electrons. The Morgan fingerprint density at radius 3 is 2.36 bits per heavy atom. The number of nitrogens with one attached hydrogen (secondary N) is 1. The maximum Gasteiger partial charge on any atom is 0.410 e. The SMILES string of the molecule is Cc1cn2nc(NC(=O)c3cnc(N4C[C@@H](C)N(C(=O)OC(C)(C)C)[C@@H](C)C4)c4nccnc34)cc2c(C)n1. The lowest BCUT2D eigenvalue weighted by Gasteiger charge is -2.44. The molecule has 0 unspecified atom stereocenters. The average Bonchev–Trinajstić information content (AvgIpc) is 3.24. The zero-order valence-electron chi connectivity index (χ0n) is 23.3. The molecule has 0 aliphatic carbocycles. The predicted molar refractivity (Wildman–Crippen MR) is 147 cm³/mol. The molecule has 4 aromatic rings. The Balaban J connectivity index is 1.41. The number of ether oxygens (including phenoxy) is 1. The number of amides is 2. The number of piperazine rings is 1. The third-order valence-corrected chi connectivity index (χ3v) is 6.55. The van der Waals surface area contributed by atoms with Crippen LogP contribution in [-0.4, -0.2) is 77.2 Å². The van der Waals surface area contributed by atoms with Crippen molar-refractivity contribution < 1.29 is 14.3 Å². The van der Waals surface area contributed by atoms with Gasteiger partial charge in [0.2, 0.25) is 0 Å². The van der Waals surface area contributed by atoms with E-state index in [4.69, 9.17) is 4.74 Å². The first-order valence-electron chi connectivity index (χ1n) is 12.9. The van der Waals surface area contributed by atoms with Crippen LogP contribution in [0.15, 0.2) is 30.9 Å². The summed E-state index contributed by atoms with van der Waals surface area (Å²) in [5.41, 5.74) is 3.13. The summed E-state index contributed by atoms with van der Waals surface area (Å²) in [7, 11) is 0. The first kappa shape index (κ1) is 26.3. The van der Waals surface area contributed by atoms with E-state index >= 15 is 0 Å². The largest absolute Gasteiger partial charge is 0.444 e. The van der Waals surface area contributed by atoms with Gasteiger partial charge in [0, 0.05) is 37.7 Å². The fraction of sp³-hybridized carbons (Fsp3) is 0.444. The van der Waals surface area contributed by atoms with E-state index in [1.807, 2.05) is 48.5 Å². The Kier molecular flexibility index (Phi) is 6.57. The number of nitrogens with zero attached hydrogens (tertiary/aromatic N) is 8. The number of fused-ring (bicyclic) bond motifs is 2. The summed E-state index contributed by atoms with van der Waals surface area (Å²) >= 11 is 0. The normalized spacial score (nSPS) is 18.0. The van der Waals surface area contributed by atoms with Gasteiger partial charge in [0.25, 0.3) is 5.91 Å². The van der Waals surface area contributed by atoms with Crippen LogP contribution in [0.1, 0.15) is 56.4 Å². The summed E-state index contributed by atoms with van der Waals surface area (Å²) in [6.45, 7) is 14.4. The van der Waals surface area contributed by atoms with Gasteiger partial charge in [-0.25, -0.2) is 19.3 Å². The van der Waals surface area contributed by atoms with E-state index in [2.05, 4.69) is 35.3 Å². The van der Waals surface area contributed by atoms with Gasteiger partial charge in [-0.2, -0.15) is 0 Å². The van der Waals surface area contributed by atoms with E-state index in [1.165, 1.54) is 6.20 Å². The van der Waals surface area contributed by atoms with Crippen LogP contribution >= 0.6 is 0 Å². The predicted octanol–water partition coefficient (Wildman–Crippen LogP) is 3.77. The van der Waals surface area contributed by atoms with E-state index in [0.717, 1.165) is 16.9 Å². The van der Waals surface area contributed by atoms with E-state index in [9.17, 15) is 9.59 Å². The molecule has 4 aromatic heterocycles. The molecule has 0 radical (unpaired) electrons. The molecular formula is C27H33N9O3. The molecule has 0 bridgehead atoms. The first-order valence-corrected chi connectivity index (χ1v) is 12.9. The number of anilines is 2. The molecule has 1 saturated heterocycles. The van der Waals surface area contributed by atoms with Gasteiger partial charge in [0.1, 0.15) is 16.6 Å². The van der Waals surface area contributed by atoms with Gasteiger partial charge in [0.15, 0.2) is 11.6 Å². The molecule has 2 amide bonds. The maximum atomic E-state index is 13.3. The average molecular weight is 532 g/mol. The van der Waals surface area contributed by atoms with Crippen molar-refractivity contribution in [1.29, 1.82) is 0 Å². The number of carbonyl (C=O) groups excluding carboxylic acids is 2. The Morgan fingerprint density at radius 1 is 1.03 bits per heavy atom. The monoisotopic (exact) mass is 531 g/mol. The Labute approximate surface area is 226 Å². The van der Waals surface area contributed by atoms with Crippen LogP contribution in [0.3, 0.4) is 0 Å². The highest BCUT2D eigenvalue weighted by Crippen LogP contribution is 2.29. The number of hydrogen-bond donors (Lipinski definition) is 1. The first-order chi connectivity index (χ1) is 18.4. The van der Waals surface area contributed by atoms with Gasteiger partial charge in [-0.15, -0.1) is 5.10 Å². The highest BCUT2D eigenvalue weighted by Gasteiger charge is 2.36. The lowest BCUT2D eigenvalue weighted by Crippen LogP contribution is -2.59. The minimum atomic E-state index is -0.574. The van der Waals surface area contributed by atoms with Crippen LogP contribution in [0.4, 0.5) is 16.4 Å². The second-order valence-corrected chi connectivity index (χ2v) is 11.0. The summed E-state index contributed by atoms with van der Waals surface area (Å²) < 4.78 is 7.33. The van der Waals surface area contributed by atoms with Crippen LogP contribution in [0, 0.1) is 13.8 Å². The van der Waals surface area contributed by atoms with Crippen molar-refractivity contribution in [2.75, 3.05) is 23.3 Å². The van der Waals surface area contributed by atoms with Gasteiger partial charge >= 0.3 is 6.09 Å². The van der Waals surface area contributed by atoms with Crippen LogP contribution in [-0.2, 0) is 4.74 Å². The van der Waals surface area contributed by atoms with E-state index in [-0.39, 0.29) is 24.1 Å². The molecule has 39 heavy (non-hydrogen) atoms. The maximum absolute atomic E-state index is 13.3. The molecule has 5 rings (SSSR count). The zero-order chi connectivity index (χ0) is 28.1. The van der Waals surface area contributed by atoms with Crippen molar-refractivity contribution in [3.63, 3.8) is 0 Å². The standard InChI is InChI=1S/C27H33N9O3/c1-15-12-35-20(18(4)31-15)10-21(33-35)32-25(37)19-11-30-24(23-22(19)28-8-9-29-23)34-13-16(2)36(17(3)14-34)26(38)39-27(5,6)7/h8-12,16-17H,13-14H2,1-7H3,(H,32,33,37)/t16-,17+. The fourth-order valence-corrected chi connectivity index (χ4v) is 5.05. The summed E-state index contributed by atoms with van der Waals surface area (Å²) in [6.07, 6.45) is 6.13. The Morgan fingerprint density at radius 2 is 1.69 bits per heavy atom. The third kappa shape index (κ3) is 5.18. The van der Waals surface area contributed by atoms with Crippen molar-refractivity contribution in [2.45, 2.75) is 66.2 Å². The molecule has 1 aliphatic rings. The number of carbonyl (C=O) groups is 2. The van der Waals surface area contributed by atoms with Crippen molar-refractivity contribution in [3.05, 3.63) is 47.8 Å². The number of aryl methyl sites for hydroxylation is 2. The zero-order valence-corrected chi connectivity index (χ0v) is 23.3. The smallest absolute Gasteiger partial charge is 0.410 e. The molecule has 2 atom stereocenters. The van der Waals surface area contributed by atoms with Gasteiger partial charge in [-0.3, -0.25) is 19.7 Å². The van der Waals surface area contributed by atoms with Gasteiger partial charge in [-0.1, -0.05) is 0 Å². The molecule has 12 heteroatoms. The highest BCUT2D eigenvalue weighted by molar-refractivity contribution is 6.12. The van der Waals surface area contributed by atoms with Gasteiger partial charge < -0.3 is 15.0 Å². The molecule has 0 spiro atoms. The van der Waals surface area contributed by atoms with Gasteiger partial charge in [-0.05, 0) is 48.5 Å². The molecule has 1 aliphatic heterocycles. The van der Waals surface area contributed by atoms with E-state index < -0.39 is 5.60 Å². The minimum Gasteiger partial charge on any atom is -0.444 e. The second kappa shape index (κ2) is 9.75. The molecule has 1 N–H and O–H groups in total. The van der Waals surface area contributed by atoms with Gasteiger partial charge in [0.05, 0.1) is 40.7 Å². The van der Waals surface area contributed by atoms with Crippen molar-refractivity contribution in [1.82, 2.24) is 34.4 Å². The topological polar surface area (TPSA) is 131 Å². The van der Waals surface area contributed by atoms with Crippen LogP contribution < -0.4 is 10.2 Å². The van der Waals surface area contributed by atoms with Crippen LogP contribution in [0.2, 0.25) is 0 Å². The van der Waals surface area contributed by atoms with Crippen molar-refractivity contribution in [2.24, 2.45) is 0 Å². The quantitative estimate of drug-likeness (QED) is 0.420. The Bertz CT molecular complexity index is 1560. The van der Waals surface area contributed by atoms with Crippen molar-refractivity contribution in [3.8, 4) is 0 Å². The minimum absolute atomic E-state index is 0.128. The summed E-state index contributed by atoms with van der Waals surface area (Å²) in [6, 6.07) is 1.52. The lowest BCUT2D eigenvalue weighted by molar-refractivity contribution is 0.00561. The molecule has 5 heterocycles. The van der Waals surface area contributed by atoms with Crippen LogP contribution in [0.25, 0.3) is 16.6 Å². The highest BCUT2D eigenvalue weighted by atomic mass is 16.6. The molecular weight excluding hydrogens is 498 g/mol. The third-order valence-electron chi connectivity index (χ3n) is 6.55. The summed E-state index contributed by atoms with van der Waals surface area (Å²) in [5.74, 6) is 0.626. The number of hydrogen-bond acceptors (Lipinski definition) is 9. The van der Waals surface area contributed by atoms with Crippen LogP contribution in [0.5, 0.6) is 0 Å². The Hall–Kier alpha value is -4.35. The number of rotatable bonds is 3. The fourth-order valence-electron chi connectivity index (χ4n) is 5.05. The van der Waals surface area contributed by atoms with E-state index in [1.54, 1.807) is 34.1 Å². The summed E-state index contributed by atoms with van der Waals surface area (Å²) in [4.78, 5) is 48.1. The molecule has 1 fully saturated rings. The molecule has 0 saturated carbocycles. The van der Waals surface area contributed by atoms with Crippen molar-refractivity contribution >= 4 is 40.2 Å². The molecule has 0 aromatic carbocycles. The second-order valence-electron chi connectivity index (χ2n) is 11.0. The van der Waals surface area contributed by atoms with E-state index in [0.29, 0.717) is 41.3 Å². The molecule has 12 nitrogen and oxygen atoms in total. The number of aromatic nitrogens is 6.